The van der Waals surface area contributed by atoms with Crippen LogP contribution in [0.1, 0.15) is 16.7 Å². The van der Waals surface area contributed by atoms with Crippen molar-refractivity contribution in [3.63, 3.8) is 0 Å². The zero-order valence-corrected chi connectivity index (χ0v) is 13.0. The van der Waals surface area contributed by atoms with Crippen molar-refractivity contribution in [1.29, 1.82) is 0 Å². The summed E-state index contributed by atoms with van der Waals surface area (Å²) in [5.41, 5.74) is 4.22. The maximum atomic E-state index is 3.51. The van der Waals surface area contributed by atoms with E-state index in [1.165, 1.54) is 49.4 Å². The molecule has 1 fully saturated rings. The molecule has 2 rings (SSSR count). The van der Waals surface area contributed by atoms with E-state index in [0.29, 0.717) is 0 Å². The van der Waals surface area contributed by atoms with Gasteiger partial charge in [0.25, 0.3) is 0 Å². The number of alkyl halides is 1. The van der Waals surface area contributed by atoms with Crippen LogP contribution in [0.5, 0.6) is 0 Å². The summed E-state index contributed by atoms with van der Waals surface area (Å²) in [6, 6.07) is 6.88. The summed E-state index contributed by atoms with van der Waals surface area (Å²) in [6.45, 7) is 11.4. The van der Waals surface area contributed by atoms with Gasteiger partial charge in [0, 0.05) is 44.6 Å². The van der Waals surface area contributed by atoms with Gasteiger partial charge in [0.05, 0.1) is 0 Å². The molecule has 1 aliphatic heterocycles. The summed E-state index contributed by atoms with van der Waals surface area (Å²) < 4.78 is 0. The predicted octanol–water partition coefficient (Wildman–Crippen LogP) is 2.82. The van der Waals surface area contributed by atoms with Gasteiger partial charge in [-0.1, -0.05) is 45.3 Å². The second-order valence-electron chi connectivity index (χ2n) is 5.30. The van der Waals surface area contributed by atoms with Gasteiger partial charge in [-0.05, 0) is 19.4 Å². The van der Waals surface area contributed by atoms with E-state index in [-0.39, 0.29) is 0 Å². The maximum Gasteiger partial charge on any atom is 0.0235 e. The Morgan fingerprint density at radius 1 is 0.944 bits per heavy atom. The largest absolute Gasteiger partial charge is 0.300 e. The van der Waals surface area contributed by atoms with Crippen LogP contribution in [0.2, 0.25) is 0 Å². The Balaban J connectivity index is 1.87. The second-order valence-corrected chi connectivity index (χ2v) is 6.10. The van der Waals surface area contributed by atoms with Crippen molar-refractivity contribution in [3.8, 4) is 0 Å². The van der Waals surface area contributed by atoms with Gasteiger partial charge >= 0.3 is 0 Å². The normalized spacial score (nSPS) is 18.2. The van der Waals surface area contributed by atoms with Gasteiger partial charge in [-0.2, -0.15) is 0 Å². The monoisotopic (exact) mass is 310 g/mol. The molecule has 0 aromatic heterocycles. The molecule has 0 saturated carbocycles. The molecular weight excluding hydrogens is 288 g/mol. The lowest BCUT2D eigenvalue weighted by molar-refractivity contribution is 0.133. The summed E-state index contributed by atoms with van der Waals surface area (Å²) >= 11 is 3.51. The lowest BCUT2D eigenvalue weighted by Gasteiger charge is -2.34. The number of hydrogen-bond acceptors (Lipinski definition) is 2. The van der Waals surface area contributed by atoms with E-state index in [2.05, 4.69) is 57.8 Å². The lowest BCUT2D eigenvalue weighted by Crippen LogP contribution is -2.46. The van der Waals surface area contributed by atoms with Crippen LogP contribution in [-0.4, -0.2) is 47.9 Å². The number of piperazine rings is 1. The standard InChI is InChI=1S/C15H23BrN2/c1-13-9-14(2)11-15(10-13)12-18-7-5-17(4-3-16)6-8-18/h9-11H,3-8,12H2,1-2H3. The molecule has 0 bridgehead atoms. The molecule has 0 aliphatic carbocycles. The Morgan fingerprint density at radius 3 is 2.06 bits per heavy atom. The Kier molecular flexibility index (Phi) is 5.22. The molecule has 0 unspecified atom stereocenters. The minimum Gasteiger partial charge on any atom is -0.300 e. The van der Waals surface area contributed by atoms with Gasteiger partial charge in [-0.3, -0.25) is 9.80 Å². The van der Waals surface area contributed by atoms with Crippen LogP contribution in [0.15, 0.2) is 18.2 Å². The Morgan fingerprint density at radius 2 is 1.50 bits per heavy atom. The Labute approximate surface area is 119 Å². The highest BCUT2D eigenvalue weighted by atomic mass is 79.9. The zero-order chi connectivity index (χ0) is 13.0. The zero-order valence-electron chi connectivity index (χ0n) is 11.5. The van der Waals surface area contributed by atoms with E-state index < -0.39 is 0 Å². The number of hydrogen-bond donors (Lipinski definition) is 0. The molecule has 3 heteroatoms. The first-order chi connectivity index (χ1) is 8.67. The molecule has 0 amide bonds. The highest BCUT2D eigenvalue weighted by Gasteiger charge is 2.16. The third-order valence-corrected chi connectivity index (χ3v) is 3.91. The van der Waals surface area contributed by atoms with E-state index in [4.69, 9.17) is 0 Å². The van der Waals surface area contributed by atoms with Crippen molar-refractivity contribution in [2.75, 3.05) is 38.1 Å². The molecule has 0 atom stereocenters. The van der Waals surface area contributed by atoms with Crippen molar-refractivity contribution in [1.82, 2.24) is 9.80 Å². The summed E-state index contributed by atoms with van der Waals surface area (Å²) in [7, 11) is 0. The van der Waals surface area contributed by atoms with Crippen LogP contribution in [0, 0.1) is 13.8 Å². The number of rotatable bonds is 4. The Bertz CT molecular complexity index is 364. The first kappa shape index (κ1) is 14.0. The van der Waals surface area contributed by atoms with Crippen LogP contribution in [0.4, 0.5) is 0 Å². The second kappa shape index (κ2) is 6.69. The number of nitrogens with zero attached hydrogens (tertiary/aromatic N) is 2. The molecule has 1 heterocycles. The van der Waals surface area contributed by atoms with Crippen LogP contribution in [0.25, 0.3) is 0 Å². The lowest BCUT2D eigenvalue weighted by atomic mass is 10.1. The van der Waals surface area contributed by atoms with Gasteiger partial charge < -0.3 is 0 Å². The molecule has 0 N–H and O–H groups in total. The first-order valence-corrected chi connectivity index (χ1v) is 7.87. The third-order valence-electron chi connectivity index (χ3n) is 3.55. The summed E-state index contributed by atoms with van der Waals surface area (Å²) in [6.07, 6.45) is 0. The molecule has 1 saturated heterocycles. The Hall–Kier alpha value is -0.380. The molecular formula is C15H23BrN2. The topological polar surface area (TPSA) is 6.48 Å². The van der Waals surface area contributed by atoms with Crippen LogP contribution in [0.3, 0.4) is 0 Å². The van der Waals surface area contributed by atoms with E-state index in [0.717, 1.165) is 11.9 Å². The fourth-order valence-electron chi connectivity index (χ4n) is 2.71. The fraction of sp³-hybridized carbons (Fsp3) is 0.600. The fourth-order valence-corrected chi connectivity index (χ4v) is 3.21. The average Bonchev–Trinajstić information content (AvgIpc) is 2.31. The first-order valence-electron chi connectivity index (χ1n) is 6.75. The molecule has 0 spiro atoms. The van der Waals surface area contributed by atoms with Crippen molar-refractivity contribution in [2.45, 2.75) is 20.4 Å². The highest BCUT2D eigenvalue weighted by Crippen LogP contribution is 2.13. The number of halogens is 1. The van der Waals surface area contributed by atoms with Crippen molar-refractivity contribution < 1.29 is 0 Å². The minimum absolute atomic E-state index is 1.09. The smallest absolute Gasteiger partial charge is 0.0235 e. The quantitative estimate of drug-likeness (QED) is 0.789. The van der Waals surface area contributed by atoms with Gasteiger partial charge in [0.1, 0.15) is 0 Å². The average molecular weight is 311 g/mol. The van der Waals surface area contributed by atoms with Gasteiger partial charge in [0.2, 0.25) is 0 Å². The third kappa shape index (κ3) is 4.08. The summed E-state index contributed by atoms with van der Waals surface area (Å²) in [5.74, 6) is 0. The molecule has 1 aliphatic rings. The van der Waals surface area contributed by atoms with Gasteiger partial charge in [0.15, 0.2) is 0 Å². The minimum atomic E-state index is 1.09. The van der Waals surface area contributed by atoms with E-state index in [1.807, 2.05) is 0 Å². The van der Waals surface area contributed by atoms with Crippen LogP contribution < -0.4 is 0 Å². The molecule has 18 heavy (non-hydrogen) atoms. The molecule has 0 radical (unpaired) electrons. The SMILES string of the molecule is Cc1cc(C)cc(CN2CCN(CCBr)CC2)c1. The van der Waals surface area contributed by atoms with E-state index in [9.17, 15) is 0 Å². The summed E-state index contributed by atoms with van der Waals surface area (Å²) in [4.78, 5) is 5.10. The van der Waals surface area contributed by atoms with Crippen molar-refractivity contribution in [2.24, 2.45) is 0 Å². The molecule has 100 valence electrons. The van der Waals surface area contributed by atoms with E-state index in [1.54, 1.807) is 0 Å². The van der Waals surface area contributed by atoms with Crippen LogP contribution in [-0.2, 0) is 6.54 Å². The van der Waals surface area contributed by atoms with Crippen molar-refractivity contribution >= 4 is 15.9 Å². The molecule has 1 aromatic carbocycles. The van der Waals surface area contributed by atoms with Crippen molar-refractivity contribution in [3.05, 3.63) is 34.9 Å². The van der Waals surface area contributed by atoms with Gasteiger partial charge in [-0.25, -0.2) is 0 Å². The highest BCUT2D eigenvalue weighted by molar-refractivity contribution is 9.09. The summed E-state index contributed by atoms with van der Waals surface area (Å²) in [5, 5.41) is 1.09. The van der Waals surface area contributed by atoms with Gasteiger partial charge in [-0.15, -0.1) is 0 Å². The number of benzene rings is 1. The predicted molar refractivity (Wildman–Crippen MR) is 81.4 cm³/mol. The molecule has 1 aromatic rings. The number of aryl methyl sites for hydroxylation is 2. The van der Waals surface area contributed by atoms with Crippen LogP contribution >= 0.6 is 15.9 Å². The van der Waals surface area contributed by atoms with E-state index >= 15 is 0 Å². The molecule has 2 nitrogen and oxygen atoms in total. The maximum absolute atomic E-state index is 3.51.